The molecule has 1 saturated heterocycles. The molecule has 178 valence electrons. The van der Waals surface area contributed by atoms with Gasteiger partial charge < -0.3 is 29.7 Å². The Hall–Kier alpha value is -3.40. The van der Waals surface area contributed by atoms with Crippen LogP contribution in [0, 0.1) is 5.92 Å². The highest BCUT2D eigenvalue weighted by molar-refractivity contribution is 6.10. The molecule has 3 rings (SSSR count). The van der Waals surface area contributed by atoms with Gasteiger partial charge in [0.1, 0.15) is 5.70 Å². The molecule has 1 unspecified atom stereocenters. The van der Waals surface area contributed by atoms with E-state index < -0.39 is 11.9 Å². The number of carbonyl (C=O) groups excluding carboxylic acids is 4. The van der Waals surface area contributed by atoms with Crippen LogP contribution in [0.3, 0.4) is 0 Å². The van der Waals surface area contributed by atoms with Crippen LogP contribution in [-0.2, 0) is 23.9 Å². The summed E-state index contributed by atoms with van der Waals surface area (Å²) in [6.45, 7) is 2.60. The number of hydrogen-bond acceptors (Lipinski definition) is 8. The number of likely N-dealkylation sites (tertiary alicyclic amines) is 1. The Morgan fingerprint density at radius 1 is 1.24 bits per heavy atom. The monoisotopic (exact) mass is 459 g/mol. The summed E-state index contributed by atoms with van der Waals surface area (Å²) in [4.78, 5) is 53.5. The standard InChI is InChI=1S/C23H29N3O7/c1-3-33-22(30)15-7-6-10-25(13-15)20(28)16-8-4-5-9-18(16)24-19-17(23(31)32-2)14-26(11-12-27)21(19)29/h4-5,8-9,15,24,27H,3,6-7,10-14H2,1-2H3. The molecule has 10 heteroatoms. The average Bonchev–Trinajstić information content (AvgIpc) is 3.14. The van der Waals surface area contributed by atoms with E-state index in [0.717, 1.165) is 0 Å². The maximum Gasteiger partial charge on any atom is 0.337 e. The third kappa shape index (κ3) is 5.33. The van der Waals surface area contributed by atoms with Crippen LogP contribution in [0.1, 0.15) is 30.1 Å². The normalized spacial score (nSPS) is 18.4. The number of anilines is 1. The van der Waals surface area contributed by atoms with Crippen molar-refractivity contribution in [1.82, 2.24) is 9.80 Å². The molecule has 0 radical (unpaired) electrons. The molecule has 0 bridgehead atoms. The van der Waals surface area contributed by atoms with Crippen LogP contribution < -0.4 is 5.32 Å². The number of piperidine rings is 1. The van der Waals surface area contributed by atoms with Gasteiger partial charge in [0.05, 0.1) is 49.6 Å². The van der Waals surface area contributed by atoms with E-state index in [1.54, 1.807) is 36.1 Å². The third-order valence-corrected chi connectivity index (χ3v) is 5.70. The maximum atomic E-state index is 13.3. The van der Waals surface area contributed by atoms with E-state index in [2.05, 4.69) is 5.32 Å². The molecule has 0 aliphatic carbocycles. The minimum Gasteiger partial charge on any atom is -0.466 e. The number of β-amino-alcohol motifs (C(OH)–C–C–N with tert-alkyl or cyclic N) is 1. The van der Waals surface area contributed by atoms with Crippen molar-refractivity contribution >= 4 is 29.4 Å². The smallest absolute Gasteiger partial charge is 0.337 e. The number of aliphatic hydroxyl groups is 1. The van der Waals surface area contributed by atoms with Crippen LogP contribution in [-0.4, -0.2) is 85.2 Å². The van der Waals surface area contributed by atoms with Gasteiger partial charge in [-0.05, 0) is 31.9 Å². The van der Waals surface area contributed by atoms with Gasteiger partial charge in [-0.3, -0.25) is 14.4 Å². The van der Waals surface area contributed by atoms with E-state index in [1.165, 1.54) is 12.0 Å². The molecule has 2 aliphatic rings. The fraction of sp³-hybridized carbons (Fsp3) is 0.478. The lowest BCUT2D eigenvalue weighted by Gasteiger charge is -2.32. The molecule has 2 amide bonds. The van der Waals surface area contributed by atoms with E-state index >= 15 is 0 Å². The summed E-state index contributed by atoms with van der Waals surface area (Å²) in [5.74, 6) is -2.10. The number of methoxy groups -OCH3 is 1. The third-order valence-electron chi connectivity index (χ3n) is 5.70. The lowest BCUT2D eigenvalue weighted by atomic mass is 9.97. The van der Waals surface area contributed by atoms with E-state index in [9.17, 15) is 24.3 Å². The van der Waals surface area contributed by atoms with E-state index in [1.807, 2.05) is 0 Å². The molecule has 0 saturated carbocycles. The molecule has 1 fully saturated rings. The van der Waals surface area contributed by atoms with Gasteiger partial charge in [0.2, 0.25) is 0 Å². The van der Waals surface area contributed by atoms with Crippen LogP contribution in [0.15, 0.2) is 35.5 Å². The van der Waals surface area contributed by atoms with Crippen LogP contribution in [0.5, 0.6) is 0 Å². The zero-order valence-corrected chi connectivity index (χ0v) is 18.8. The predicted octanol–water partition coefficient (Wildman–Crippen LogP) is 0.775. The van der Waals surface area contributed by atoms with Gasteiger partial charge in [0, 0.05) is 19.6 Å². The number of esters is 2. The first kappa shape index (κ1) is 24.2. The molecule has 0 aromatic heterocycles. The van der Waals surface area contributed by atoms with Crippen molar-refractivity contribution in [3.05, 3.63) is 41.1 Å². The number of carbonyl (C=O) groups is 4. The first-order valence-corrected chi connectivity index (χ1v) is 10.9. The van der Waals surface area contributed by atoms with Gasteiger partial charge >= 0.3 is 11.9 Å². The Morgan fingerprint density at radius 2 is 2.00 bits per heavy atom. The van der Waals surface area contributed by atoms with Crippen LogP contribution in [0.4, 0.5) is 5.69 Å². The van der Waals surface area contributed by atoms with Gasteiger partial charge in [0.25, 0.3) is 11.8 Å². The van der Waals surface area contributed by atoms with Crippen molar-refractivity contribution < 1.29 is 33.8 Å². The molecule has 1 atom stereocenters. The predicted molar refractivity (Wildman–Crippen MR) is 118 cm³/mol. The number of rotatable bonds is 8. The molecule has 2 aliphatic heterocycles. The van der Waals surface area contributed by atoms with Crippen molar-refractivity contribution in [2.75, 3.05) is 51.8 Å². The molecule has 2 heterocycles. The Morgan fingerprint density at radius 3 is 2.70 bits per heavy atom. The first-order valence-electron chi connectivity index (χ1n) is 10.9. The number of benzene rings is 1. The van der Waals surface area contributed by atoms with Gasteiger partial charge in [-0.25, -0.2) is 4.79 Å². The van der Waals surface area contributed by atoms with Gasteiger partial charge in [-0.2, -0.15) is 0 Å². The molecule has 0 spiro atoms. The molecule has 1 aromatic rings. The van der Waals surface area contributed by atoms with E-state index in [4.69, 9.17) is 9.47 Å². The lowest BCUT2D eigenvalue weighted by Crippen LogP contribution is -2.43. The Kier molecular flexibility index (Phi) is 8.05. The highest BCUT2D eigenvalue weighted by Crippen LogP contribution is 2.27. The van der Waals surface area contributed by atoms with Gasteiger partial charge in [-0.15, -0.1) is 0 Å². The van der Waals surface area contributed by atoms with E-state index in [0.29, 0.717) is 30.6 Å². The Balaban J connectivity index is 1.85. The molecular formula is C23H29N3O7. The van der Waals surface area contributed by atoms with Gasteiger partial charge in [-0.1, -0.05) is 12.1 Å². The second-order valence-corrected chi connectivity index (χ2v) is 7.81. The minimum absolute atomic E-state index is 0.00212. The summed E-state index contributed by atoms with van der Waals surface area (Å²) in [5, 5.41) is 12.2. The molecule has 33 heavy (non-hydrogen) atoms. The number of para-hydroxylation sites is 1. The van der Waals surface area contributed by atoms with Crippen LogP contribution in [0.2, 0.25) is 0 Å². The summed E-state index contributed by atoms with van der Waals surface area (Å²) < 4.78 is 9.92. The number of amides is 2. The first-order chi connectivity index (χ1) is 15.9. The second-order valence-electron chi connectivity index (χ2n) is 7.81. The second kappa shape index (κ2) is 11.0. The van der Waals surface area contributed by atoms with Crippen molar-refractivity contribution in [3.8, 4) is 0 Å². The largest absolute Gasteiger partial charge is 0.466 e. The quantitative estimate of drug-likeness (QED) is 0.546. The van der Waals surface area contributed by atoms with Crippen molar-refractivity contribution in [3.63, 3.8) is 0 Å². The SMILES string of the molecule is CCOC(=O)C1CCCN(C(=O)c2ccccc2NC2=C(C(=O)OC)CN(CCO)C2=O)C1. The Labute approximate surface area is 192 Å². The van der Waals surface area contributed by atoms with Crippen molar-refractivity contribution in [1.29, 1.82) is 0 Å². The van der Waals surface area contributed by atoms with Crippen molar-refractivity contribution in [2.24, 2.45) is 5.92 Å². The Bertz CT molecular complexity index is 959. The van der Waals surface area contributed by atoms with Gasteiger partial charge in [0.15, 0.2) is 0 Å². The summed E-state index contributed by atoms with van der Waals surface area (Å²) >= 11 is 0. The summed E-state index contributed by atoms with van der Waals surface area (Å²) in [5.41, 5.74) is 0.806. The molecule has 2 N–H and O–H groups in total. The fourth-order valence-corrected chi connectivity index (χ4v) is 4.05. The maximum absolute atomic E-state index is 13.3. The minimum atomic E-state index is -0.664. The average molecular weight is 459 g/mol. The highest BCUT2D eigenvalue weighted by Gasteiger charge is 2.35. The molecular weight excluding hydrogens is 430 g/mol. The highest BCUT2D eigenvalue weighted by atomic mass is 16.5. The van der Waals surface area contributed by atoms with Crippen molar-refractivity contribution in [2.45, 2.75) is 19.8 Å². The topological polar surface area (TPSA) is 125 Å². The van der Waals surface area contributed by atoms with Crippen LogP contribution >= 0.6 is 0 Å². The van der Waals surface area contributed by atoms with Crippen LogP contribution in [0.25, 0.3) is 0 Å². The molecule has 1 aromatic carbocycles. The number of aliphatic hydroxyl groups excluding tert-OH is 1. The number of nitrogens with zero attached hydrogens (tertiary/aromatic N) is 2. The summed E-state index contributed by atoms with van der Waals surface area (Å²) in [6, 6.07) is 6.68. The molecule has 10 nitrogen and oxygen atoms in total. The number of ether oxygens (including phenoxy) is 2. The number of hydrogen-bond donors (Lipinski definition) is 2. The lowest BCUT2D eigenvalue weighted by molar-refractivity contribution is -0.149. The van der Waals surface area contributed by atoms with E-state index in [-0.39, 0.29) is 61.9 Å². The zero-order valence-electron chi connectivity index (χ0n) is 18.8. The summed E-state index contributed by atoms with van der Waals surface area (Å²) in [6.07, 6.45) is 1.34. The number of nitrogens with one attached hydrogen (secondary N) is 1. The zero-order chi connectivity index (χ0) is 24.0. The summed E-state index contributed by atoms with van der Waals surface area (Å²) in [7, 11) is 1.22. The fourth-order valence-electron chi connectivity index (χ4n) is 4.05.